The van der Waals surface area contributed by atoms with E-state index in [2.05, 4.69) is 15.0 Å². The van der Waals surface area contributed by atoms with E-state index in [4.69, 9.17) is 0 Å². The Bertz CT molecular complexity index is 569. The second-order valence-corrected chi connectivity index (χ2v) is 6.21. The van der Waals surface area contributed by atoms with E-state index in [0.29, 0.717) is 19.5 Å². The first-order valence-corrected chi connectivity index (χ1v) is 7.56. The van der Waals surface area contributed by atoms with E-state index in [-0.39, 0.29) is 18.3 Å². The number of hydrogen-bond donors (Lipinski definition) is 2. The number of β-amino-alcohol motifs (C(OH)–C–C–N with tert-alkyl or cyclic N) is 1. The third-order valence-electron chi connectivity index (χ3n) is 2.64. The minimum Gasteiger partial charge on any atom is -0.391 e. The van der Waals surface area contributed by atoms with Crippen LogP contribution in [0.2, 0.25) is 0 Å². The Morgan fingerprint density at radius 1 is 1.63 bits per heavy atom. The molecular formula is C9H15N5O4S. The number of nitrogens with one attached hydrogen (secondary N) is 1. The molecule has 0 saturated carbocycles. The first-order valence-electron chi connectivity index (χ1n) is 5.67. The van der Waals surface area contributed by atoms with Gasteiger partial charge in [0.2, 0.25) is 15.9 Å². The second kappa shape index (κ2) is 5.13. The fourth-order valence-electron chi connectivity index (χ4n) is 1.82. The average molecular weight is 289 g/mol. The molecule has 1 aliphatic heterocycles. The van der Waals surface area contributed by atoms with Gasteiger partial charge in [-0.25, -0.2) is 13.1 Å². The van der Waals surface area contributed by atoms with Crippen LogP contribution in [0.25, 0.3) is 0 Å². The maximum Gasteiger partial charge on any atom is 0.244 e. The van der Waals surface area contributed by atoms with Crippen LogP contribution in [-0.4, -0.2) is 64.8 Å². The van der Waals surface area contributed by atoms with Gasteiger partial charge in [0, 0.05) is 13.1 Å². The number of likely N-dealkylation sites (tertiary alicyclic amines) is 1. The number of hydrogen-bond acceptors (Lipinski definition) is 6. The van der Waals surface area contributed by atoms with Crippen LogP contribution in [-0.2, 0) is 21.4 Å². The summed E-state index contributed by atoms with van der Waals surface area (Å²) in [4.78, 5) is 13.4. The van der Waals surface area contributed by atoms with Gasteiger partial charge in [0.05, 0.1) is 18.6 Å². The van der Waals surface area contributed by atoms with Crippen LogP contribution in [0.5, 0.6) is 0 Å². The molecule has 10 heteroatoms. The number of aliphatic hydroxyl groups is 1. The van der Waals surface area contributed by atoms with Crippen molar-refractivity contribution in [3.8, 4) is 0 Å². The van der Waals surface area contributed by atoms with E-state index < -0.39 is 16.1 Å². The van der Waals surface area contributed by atoms with E-state index in [1.165, 1.54) is 15.8 Å². The molecule has 1 aliphatic rings. The van der Waals surface area contributed by atoms with Crippen LogP contribution in [0.1, 0.15) is 6.42 Å². The van der Waals surface area contributed by atoms with E-state index in [1.54, 1.807) is 0 Å². The zero-order valence-electron chi connectivity index (χ0n) is 10.4. The molecule has 0 aliphatic carbocycles. The molecule has 2 N–H and O–H groups in total. The van der Waals surface area contributed by atoms with Gasteiger partial charge < -0.3 is 10.0 Å². The molecule has 1 unspecified atom stereocenters. The highest BCUT2D eigenvalue weighted by atomic mass is 32.2. The Labute approximate surface area is 110 Å². The van der Waals surface area contributed by atoms with Crippen molar-refractivity contribution >= 4 is 21.7 Å². The Hall–Kier alpha value is -1.68. The Morgan fingerprint density at radius 3 is 2.95 bits per heavy atom. The summed E-state index contributed by atoms with van der Waals surface area (Å²) in [6.45, 7) is 0.802. The van der Waals surface area contributed by atoms with Gasteiger partial charge >= 0.3 is 0 Å². The number of anilines is 1. The van der Waals surface area contributed by atoms with Crippen LogP contribution in [0.15, 0.2) is 6.20 Å². The zero-order valence-corrected chi connectivity index (χ0v) is 11.2. The number of nitrogens with zero attached hydrogens (tertiary/aromatic N) is 4. The largest absolute Gasteiger partial charge is 0.391 e. The van der Waals surface area contributed by atoms with E-state index in [9.17, 15) is 18.3 Å². The first-order chi connectivity index (χ1) is 8.83. The topological polar surface area (TPSA) is 117 Å². The molecule has 0 radical (unpaired) electrons. The monoisotopic (exact) mass is 289 g/mol. The van der Waals surface area contributed by atoms with Crippen LogP contribution in [0.4, 0.5) is 5.82 Å². The van der Waals surface area contributed by atoms with Crippen LogP contribution < -0.4 is 4.72 Å². The highest BCUT2D eigenvalue weighted by molar-refractivity contribution is 7.92. The lowest BCUT2D eigenvalue weighted by Crippen LogP contribution is -2.32. The summed E-state index contributed by atoms with van der Waals surface area (Å²) in [7, 11) is -3.41. The SMILES string of the molecule is CS(=O)(=O)Nc1cn(CC(=O)N2CCC(O)C2)nn1. The molecule has 2 rings (SSSR count). The Morgan fingerprint density at radius 2 is 2.37 bits per heavy atom. The predicted octanol–water partition coefficient (Wildman–Crippen LogP) is -1.76. The lowest BCUT2D eigenvalue weighted by atomic mass is 10.3. The van der Waals surface area contributed by atoms with Crippen LogP contribution in [0, 0.1) is 0 Å². The number of sulfonamides is 1. The van der Waals surface area contributed by atoms with Gasteiger partial charge in [-0.2, -0.15) is 0 Å². The van der Waals surface area contributed by atoms with Gasteiger partial charge in [0.15, 0.2) is 5.82 Å². The molecule has 19 heavy (non-hydrogen) atoms. The molecule has 9 nitrogen and oxygen atoms in total. The lowest BCUT2D eigenvalue weighted by molar-refractivity contribution is -0.131. The normalized spacial score (nSPS) is 19.7. The standard InChI is InChI=1S/C9H15N5O4S/c1-19(17,18)11-8-5-14(12-10-8)6-9(16)13-3-2-7(15)4-13/h5,7,11,15H,2-4,6H2,1H3. The van der Waals surface area contributed by atoms with E-state index >= 15 is 0 Å². The van der Waals surface area contributed by atoms with Gasteiger partial charge in [0.1, 0.15) is 6.54 Å². The Balaban J connectivity index is 1.94. The van der Waals surface area contributed by atoms with Gasteiger partial charge in [-0.05, 0) is 6.42 Å². The van der Waals surface area contributed by atoms with Crippen molar-refractivity contribution in [1.82, 2.24) is 19.9 Å². The first kappa shape index (κ1) is 13.7. The molecule has 2 heterocycles. The van der Waals surface area contributed by atoms with Crippen molar-refractivity contribution in [2.75, 3.05) is 24.1 Å². The van der Waals surface area contributed by atoms with Crippen molar-refractivity contribution in [2.24, 2.45) is 0 Å². The van der Waals surface area contributed by atoms with Crippen LogP contribution in [0.3, 0.4) is 0 Å². The highest BCUT2D eigenvalue weighted by Crippen LogP contribution is 2.10. The molecule has 1 aromatic rings. The molecule has 1 saturated heterocycles. The molecule has 1 amide bonds. The van der Waals surface area contributed by atoms with Crippen molar-refractivity contribution in [3.63, 3.8) is 0 Å². The molecule has 0 spiro atoms. The summed E-state index contributed by atoms with van der Waals surface area (Å²) in [6.07, 6.45) is 2.44. The summed E-state index contributed by atoms with van der Waals surface area (Å²) in [6, 6.07) is 0. The fourth-order valence-corrected chi connectivity index (χ4v) is 2.29. The van der Waals surface area contributed by atoms with Crippen molar-refractivity contribution in [1.29, 1.82) is 0 Å². The fraction of sp³-hybridized carbons (Fsp3) is 0.667. The lowest BCUT2D eigenvalue weighted by Gasteiger charge is -2.14. The maximum absolute atomic E-state index is 11.8. The van der Waals surface area contributed by atoms with Crippen molar-refractivity contribution in [2.45, 2.75) is 19.1 Å². The minimum absolute atomic E-state index is 0.0365. The molecular weight excluding hydrogens is 274 g/mol. The van der Waals surface area contributed by atoms with Gasteiger partial charge in [0.25, 0.3) is 0 Å². The molecule has 106 valence electrons. The minimum atomic E-state index is -3.41. The number of aromatic nitrogens is 3. The molecule has 1 aromatic heterocycles. The van der Waals surface area contributed by atoms with Gasteiger partial charge in [-0.1, -0.05) is 5.21 Å². The molecule has 1 atom stereocenters. The number of aliphatic hydroxyl groups excluding tert-OH is 1. The zero-order chi connectivity index (χ0) is 14.0. The van der Waals surface area contributed by atoms with E-state index in [0.717, 1.165) is 6.26 Å². The second-order valence-electron chi connectivity index (χ2n) is 4.46. The van der Waals surface area contributed by atoms with Gasteiger partial charge in [-0.15, -0.1) is 5.10 Å². The van der Waals surface area contributed by atoms with Gasteiger partial charge in [-0.3, -0.25) is 9.52 Å². The molecule has 0 bridgehead atoms. The summed E-state index contributed by atoms with van der Waals surface area (Å²) < 4.78 is 25.4. The summed E-state index contributed by atoms with van der Waals surface area (Å²) in [5.74, 6) is -0.121. The number of carbonyl (C=O) groups is 1. The smallest absolute Gasteiger partial charge is 0.244 e. The quantitative estimate of drug-likeness (QED) is 0.678. The molecule has 0 aromatic carbocycles. The van der Waals surface area contributed by atoms with Crippen LogP contribution >= 0.6 is 0 Å². The van der Waals surface area contributed by atoms with Crippen molar-refractivity contribution in [3.05, 3.63) is 6.20 Å². The number of amides is 1. The number of carbonyl (C=O) groups excluding carboxylic acids is 1. The highest BCUT2D eigenvalue weighted by Gasteiger charge is 2.24. The molecule has 1 fully saturated rings. The van der Waals surface area contributed by atoms with Crippen molar-refractivity contribution < 1.29 is 18.3 Å². The predicted molar refractivity (Wildman–Crippen MR) is 65.7 cm³/mol. The average Bonchev–Trinajstić information content (AvgIpc) is 2.85. The third-order valence-corrected chi connectivity index (χ3v) is 3.22. The third kappa shape index (κ3) is 3.89. The summed E-state index contributed by atoms with van der Waals surface area (Å²) >= 11 is 0. The summed E-state index contributed by atoms with van der Waals surface area (Å²) in [5, 5.41) is 16.6. The maximum atomic E-state index is 11.8. The Kier molecular flexibility index (Phi) is 3.71. The number of rotatable bonds is 4. The van der Waals surface area contributed by atoms with E-state index in [1.807, 2.05) is 0 Å². The summed E-state index contributed by atoms with van der Waals surface area (Å²) in [5.41, 5.74) is 0.